The third-order valence-corrected chi connectivity index (χ3v) is 2.86. The number of nitrogens with zero attached hydrogens (tertiary/aromatic N) is 1. The van der Waals surface area contributed by atoms with Gasteiger partial charge in [-0.05, 0) is 18.6 Å². The summed E-state index contributed by atoms with van der Waals surface area (Å²) >= 11 is 0. The van der Waals surface area contributed by atoms with Gasteiger partial charge in [0.05, 0.1) is 24.1 Å². The van der Waals surface area contributed by atoms with Crippen LogP contribution in [0.3, 0.4) is 0 Å². The topological polar surface area (TPSA) is 107 Å². The number of nitro groups is 1. The first-order chi connectivity index (χ1) is 9.49. The highest BCUT2D eigenvalue weighted by Gasteiger charge is 2.20. The molecule has 0 bridgehead atoms. The highest BCUT2D eigenvalue weighted by molar-refractivity contribution is 5.96. The van der Waals surface area contributed by atoms with Crippen molar-refractivity contribution in [3.05, 3.63) is 28.3 Å². The minimum absolute atomic E-state index is 0.118. The molecule has 3 N–H and O–H groups in total. The third-order valence-electron chi connectivity index (χ3n) is 2.86. The van der Waals surface area contributed by atoms with E-state index in [0.717, 1.165) is 12.8 Å². The molecule has 1 aromatic rings. The van der Waals surface area contributed by atoms with E-state index in [1.54, 1.807) is 6.07 Å². The number of nitrogens with one attached hydrogen (secondary N) is 1. The second-order valence-corrected chi connectivity index (χ2v) is 4.38. The lowest BCUT2D eigenvalue weighted by Crippen LogP contribution is -2.35. The standard InChI is InChI=1S/C13H19N3O4/c1-3-4-5-10(14)13(17)15-11-7-6-9(20-2)8-12(11)16(18)19/h6-8,10H,3-5,14H2,1-2H3,(H,15,17)/t10-/m0/s1. The van der Waals surface area contributed by atoms with Crippen molar-refractivity contribution in [2.24, 2.45) is 5.73 Å². The number of methoxy groups -OCH3 is 1. The summed E-state index contributed by atoms with van der Waals surface area (Å²) in [4.78, 5) is 22.3. The highest BCUT2D eigenvalue weighted by atomic mass is 16.6. The number of hydrogen-bond acceptors (Lipinski definition) is 5. The average molecular weight is 281 g/mol. The predicted octanol–water partition coefficient (Wildman–Crippen LogP) is 2.06. The van der Waals surface area contributed by atoms with Gasteiger partial charge < -0.3 is 15.8 Å². The van der Waals surface area contributed by atoms with Crippen LogP contribution < -0.4 is 15.8 Å². The van der Waals surface area contributed by atoms with Gasteiger partial charge in [-0.1, -0.05) is 19.8 Å². The van der Waals surface area contributed by atoms with Crippen LogP contribution in [-0.2, 0) is 4.79 Å². The zero-order valence-corrected chi connectivity index (χ0v) is 11.6. The molecule has 1 atom stereocenters. The second kappa shape index (κ2) is 7.44. The number of benzene rings is 1. The molecule has 0 heterocycles. The van der Waals surface area contributed by atoms with E-state index >= 15 is 0 Å². The van der Waals surface area contributed by atoms with Gasteiger partial charge in [0, 0.05) is 0 Å². The lowest BCUT2D eigenvalue weighted by atomic mass is 10.1. The van der Waals surface area contributed by atoms with Gasteiger partial charge in [0.2, 0.25) is 5.91 Å². The van der Waals surface area contributed by atoms with Crippen molar-refractivity contribution in [3.8, 4) is 5.75 Å². The molecule has 0 unspecified atom stereocenters. The van der Waals surface area contributed by atoms with E-state index in [2.05, 4.69) is 5.32 Å². The molecule has 20 heavy (non-hydrogen) atoms. The number of rotatable bonds is 7. The van der Waals surface area contributed by atoms with Gasteiger partial charge in [0.25, 0.3) is 5.69 Å². The maximum atomic E-state index is 11.9. The molecule has 0 saturated carbocycles. The number of anilines is 1. The molecule has 1 rings (SSSR count). The van der Waals surface area contributed by atoms with Gasteiger partial charge in [-0.2, -0.15) is 0 Å². The Kier molecular flexibility index (Phi) is 5.92. The molecular weight excluding hydrogens is 262 g/mol. The largest absolute Gasteiger partial charge is 0.496 e. The summed E-state index contributed by atoms with van der Waals surface area (Å²) in [7, 11) is 1.41. The fourth-order valence-corrected chi connectivity index (χ4v) is 1.68. The normalized spacial score (nSPS) is 11.8. The Hall–Kier alpha value is -2.15. The molecule has 0 saturated heterocycles. The fraction of sp³-hybridized carbons (Fsp3) is 0.462. The smallest absolute Gasteiger partial charge is 0.296 e. The van der Waals surface area contributed by atoms with E-state index in [1.165, 1.54) is 19.2 Å². The number of nitro benzene ring substituents is 1. The summed E-state index contributed by atoms with van der Waals surface area (Å²) < 4.78 is 4.92. The van der Waals surface area contributed by atoms with Crippen LogP contribution >= 0.6 is 0 Å². The molecule has 0 radical (unpaired) electrons. The summed E-state index contributed by atoms with van der Waals surface area (Å²) in [5.41, 5.74) is 5.62. The van der Waals surface area contributed by atoms with Gasteiger partial charge in [0.15, 0.2) is 0 Å². The zero-order chi connectivity index (χ0) is 15.1. The van der Waals surface area contributed by atoms with Crippen molar-refractivity contribution < 1.29 is 14.5 Å². The van der Waals surface area contributed by atoms with Crippen LogP contribution in [0.1, 0.15) is 26.2 Å². The number of hydrogen-bond donors (Lipinski definition) is 2. The van der Waals surface area contributed by atoms with Crippen LogP contribution in [0.25, 0.3) is 0 Å². The molecule has 7 heteroatoms. The van der Waals surface area contributed by atoms with E-state index in [-0.39, 0.29) is 11.4 Å². The number of amides is 1. The monoisotopic (exact) mass is 281 g/mol. The molecule has 110 valence electrons. The minimum atomic E-state index is -0.670. The summed E-state index contributed by atoms with van der Waals surface area (Å²) in [5.74, 6) is -0.0725. The number of carbonyl (C=O) groups is 1. The molecule has 0 spiro atoms. The van der Waals surface area contributed by atoms with Crippen LogP contribution in [0.5, 0.6) is 5.75 Å². The first kappa shape index (κ1) is 15.9. The van der Waals surface area contributed by atoms with Crippen molar-refractivity contribution >= 4 is 17.3 Å². The Labute approximate surface area is 117 Å². The van der Waals surface area contributed by atoms with Crippen molar-refractivity contribution in [2.45, 2.75) is 32.2 Å². The SMILES string of the molecule is CCCC[C@H](N)C(=O)Nc1ccc(OC)cc1[N+](=O)[O-]. The maximum absolute atomic E-state index is 11.9. The Morgan fingerprint density at radius 2 is 2.25 bits per heavy atom. The number of unbranched alkanes of at least 4 members (excludes halogenated alkanes) is 1. The summed E-state index contributed by atoms with van der Waals surface area (Å²) in [6.07, 6.45) is 2.31. The van der Waals surface area contributed by atoms with Crippen LogP contribution in [0.4, 0.5) is 11.4 Å². The van der Waals surface area contributed by atoms with Crippen molar-refractivity contribution in [1.82, 2.24) is 0 Å². The molecular formula is C13H19N3O4. The van der Waals surface area contributed by atoms with Crippen molar-refractivity contribution in [3.63, 3.8) is 0 Å². The number of carbonyl (C=O) groups excluding carboxylic acids is 1. The summed E-state index contributed by atoms with van der Waals surface area (Å²) in [5, 5.41) is 13.5. The molecule has 1 aromatic carbocycles. The molecule has 0 fully saturated rings. The van der Waals surface area contributed by atoms with Gasteiger partial charge in [-0.15, -0.1) is 0 Å². The van der Waals surface area contributed by atoms with Crippen molar-refractivity contribution in [1.29, 1.82) is 0 Å². The molecule has 7 nitrogen and oxygen atoms in total. The van der Waals surface area contributed by atoms with Crippen LogP contribution in [0.15, 0.2) is 18.2 Å². The molecule has 0 aliphatic rings. The molecule has 0 aliphatic heterocycles. The minimum Gasteiger partial charge on any atom is -0.496 e. The van der Waals surface area contributed by atoms with E-state index in [0.29, 0.717) is 12.2 Å². The summed E-state index contributed by atoms with van der Waals surface area (Å²) in [6.45, 7) is 2.00. The van der Waals surface area contributed by atoms with E-state index < -0.39 is 16.9 Å². The average Bonchev–Trinajstić information content (AvgIpc) is 2.44. The van der Waals surface area contributed by atoms with Gasteiger partial charge in [-0.3, -0.25) is 14.9 Å². The molecule has 0 aliphatic carbocycles. The second-order valence-electron chi connectivity index (χ2n) is 4.38. The molecule has 1 amide bonds. The predicted molar refractivity (Wildman–Crippen MR) is 75.8 cm³/mol. The Bertz CT molecular complexity index is 491. The van der Waals surface area contributed by atoms with Gasteiger partial charge in [-0.25, -0.2) is 0 Å². The van der Waals surface area contributed by atoms with Crippen LogP contribution in [-0.4, -0.2) is 24.0 Å². The zero-order valence-electron chi connectivity index (χ0n) is 11.6. The fourth-order valence-electron chi connectivity index (χ4n) is 1.68. The third kappa shape index (κ3) is 4.20. The number of ether oxygens (including phenoxy) is 1. The van der Waals surface area contributed by atoms with Gasteiger partial charge >= 0.3 is 0 Å². The quantitative estimate of drug-likeness (QED) is 0.587. The van der Waals surface area contributed by atoms with E-state index in [4.69, 9.17) is 10.5 Å². The van der Waals surface area contributed by atoms with Gasteiger partial charge in [0.1, 0.15) is 11.4 Å². The number of nitrogens with two attached hydrogens (primary N) is 1. The maximum Gasteiger partial charge on any atom is 0.296 e. The summed E-state index contributed by atoms with van der Waals surface area (Å²) in [6, 6.07) is 3.56. The first-order valence-electron chi connectivity index (χ1n) is 6.38. The highest BCUT2D eigenvalue weighted by Crippen LogP contribution is 2.29. The van der Waals surface area contributed by atoms with E-state index in [9.17, 15) is 14.9 Å². The lowest BCUT2D eigenvalue weighted by Gasteiger charge is -2.12. The Morgan fingerprint density at radius 1 is 1.55 bits per heavy atom. The van der Waals surface area contributed by atoms with Crippen LogP contribution in [0.2, 0.25) is 0 Å². The molecule has 0 aromatic heterocycles. The Balaban J connectivity index is 2.86. The lowest BCUT2D eigenvalue weighted by molar-refractivity contribution is -0.384. The van der Waals surface area contributed by atoms with Crippen LogP contribution in [0, 0.1) is 10.1 Å². The van der Waals surface area contributed by atoms with Crippen molar-refractivity contribution in [2.75, 3.05) is 12.4 Å². The first-order valence-corrected chi connectivity index (χ1v) is 6.38. The Morgan fingerprint density at radius 3 is 2.80 bits per heavy atom. The van der Waals surface area contributed by atoms with E-state index in [1.807, 2.05) is 6.92 Å².